The predicted molar refractivity (Wildman–Crippen MR) is 214 cm³/mol. The number of nitrogens with zero attached hydrogens (tertiary/aromatic N) is 1. The second-order valence-corrected chi connectivity index (χ2v) is 13.3. The Bertz CT molecular complexity index is 3090. The number of furan rings is 3. The molecule has 8 aromatic carbocycles. The van der Waals surface area contributed by atoms with Gasteiger partial charge in [0.25, 0.3) is 0 Å². The molecule has 244 valence electrons. The smallest absolute Gasteiger partial charge is 0.143 e. The Morgan fingerprint density at radius 1 is 0.288 bits per heavy atom. The molecule has 0 atom stereocenters. The highest BCUT2D eigenvalue weighted by atomic mass is 16.3. The molecule has 0 aliphatic heterocycles. The van der Waals surface area contributed by atoms with E-state index in [1.807, 2.05) is 24.3 Å². The lowest BCUT2D eigenvalue weighted by Gasteiger charge is -2.25. The zero-order valence-corrected chi connectivity index (χ0v) is 27.9. The van der Waals surface area contributed by atoms with Gasteiger partial charge in [-0.15, -0.1) is 0 Å². The van der Waals surface area contributed by atoms with Gasteiger partial charge in [-0.05, 0) is 83.9 Å². The van der Waals surface area contributed by atoms with Gasteiger partial charge in [0.1, 0.15) is 33.5 Å². The number of fused-ring (bicyclic) bond motifs is 9. The summed E-state index contributed by atoms with van der Waals surface area (Å²) in [5.41, 5.74) is 12.7. The Kier molecular flexibility index (Phi) is 6.22. The van der Waals surface area contributed by atoms with E-state index in [1.165, 1.54) is 0 Å². The minimum absolute atomic E-state index is 0.849. The summed E-state index contributed by atoms with van der Waals surface area (Å²) in [6, 6.07) is 61.2. The normalized spacial score (nSPS) is 11.8. The molecule has 0 amide bonds. The second kappa shape index (κ2) is 11.2. The van der Waals surface area contributed by atoms with Gasteiger partial charge >= 0.3 is 0 Å². The van der Waals surface area contributed by atoms with Crippen molar-refractivity contribution in [1.29, 1.82) is 0 Å². The van der Waals surface area contributed by atoms with Crippen molar-refractivity contribution >= 4 is 82.9 Å². The highest BCUT2D eigenvalue weighted by Gasteiger charge is 2.19. The highest BCUT2D eigenvalue weighted by molar-refractivity contribution is 6.15. The molecule has 0 fully saturated rings. The van der Waals surface area contributed by atoms with Crippen LogP contribution in [-0.4, -0.2) is 0 Å². The molecule has 11 rings (SSSR count). The predicted octanol–water partition coefficient (Wildman–Crippen LogP) is 14.2. The van der Waals surface area contributed by atoms with Gasteiger partial charge in [-0.2, -0.15) is 0 Å². The van der Waals surface area contributed by atoms with Crippen molar-refractivity contribution < 1.29 is 13.3 Å². The van der Waals surface area contributed by atoms with E-state index in [9.17, 15) is 0 Å². The number of benzene rings is 8. The minimum Gasteiger partial charge on any atom is -0.456 e. The molecule has 0 radical (unpaired) electrons. The summed E-state index contributed by atoms with van der Waals surface area (Å²) in [5.74, 6) is 0. The van der Waals surface area contributed by atoms with E-state index >= 15 is 0 Å². The van der Waals surface area contributed by atoms with Crippen molar-refractivity contribution in [2.75, 3.05) is 4.90 Å². The van der Waals surface area contributed by atoms with Crippen molar-refractivity contribution in [2.24, 2.45) is 0 Å². The first-order valence-electron chi connectivity index (χ1n) is 17.5. The average Bonchev–Trinajstić information content (AvgIpc) is 3.89. The zero-order valence-electron chi connectivity index (χ0n) is 27.9. The molecule has 3 aromatic heterocycles. The number of hydrogen-bond acceptors (Lipinski definition) is 4. The zero-order chi connectivity index (χ0) is 34.2. The van der Waals surface area contributed by atoms with E-state index < -0.39 is 0 Å². The highest BCUT2D eigenvalue weighted by Crippen LogP contribution is 2.43. The maximum Gasteiger partial charge on any atom is 0.143 e. The van der Waals surface area contributed by atoms with E-state index in [-0.39, 0.29) is 0 Å². The van der Waals surface area contributed by atoms with E-state index in [0.717, 1.165) is 105 Å². The standard InChI is InChI=1S/C48H29NO3/c1-3-11-32(12-4-1)49(33-13-5-2-6-14-33)34-23-26-44-42(29-34)36-24-21-31(28-46(36)50-44)30-22-25-45-41(27-30)40-19-10-18-39(48(40)52-45)38-17-9-16-37-35-15-7-8-20-43(35)51-47(37)38/h1-29H. The summed E-state index contributed by atoms with van der Waals surface area (Å²) in [5, 5.41) is 6.53. The monoisotopic (exact) mass is 667 g/mol. The average molecular weight is 668 g/mol. The Morgan fingerprint density at radius 3 is 1.54 bits per heavy atom. The number of hydrogen-bond donors (Lipinski definition) is 0. The SMILES string of the molecule is c1ccc(N(c2ccccc2)c2ccc3oc4cc(-c5ccc6oc7c(-c8cccc9c8oc8ccccc89)cccc7c6c5)ccc4c3c2)cc1. The van der Waals surface area contributed by atoms with Gasteiger partial charge in [0, 0.05) is 60.5 Å². The largest absolute Gasteiger partial charge is 0.456 e. The van der Waals surface area contributed by atoms with Crippen molar-refractivity contribution in [3.63, 3.8) is 0 Å². The number of anilines is 3. The van der Waals surface area contributed by atoms with Crippen LogP contribution in [0.4, 0.5) is 17.1 Å². The molecule has 52 heavy (non-hydrogen) atoms. The Balaban J connectivity index is 1.01. The summed E-state index contributed by atoms with van der Waals surface area (Å²) in [6.07, 6.45) is 0. The summed E-state index contributed by atoms with van der Waals surface area (Å²) in [7, 11) is 0. The van der Waals surface area contributed by atoms with E-state index in [4.69, 9.17) is 13.3 Å². The third-order valence-corrected chi connectivity index (χ3v) is 10.3. The first-order chi connectivity index (χ1) is 25.8. The summed E-state index contributed by atoms with van der Waals surface area (Å²) < 4.78 is 19.5. The van der Waals surface area contributed by atoms with Crippen LogP contribution in [0, 0.1) is 0 Å². The van der Waals surface area contributed by atoms with Gasteiger partial charge in [-0.25, -0.2) is 0 Å². The van der Waals surface area contributed by atoms with Crippen molar-refractivity contribution in [3.8, 4) is 22.3 Å². The fraction of sp³-hybridized carbons (Fsp3) is 0. The molecule has 4 nitrogen and oxygen atoms in total. The first kappa shape index (κ1) is 28.8. The minimum atomic E-state index is 0.849. The van der Waals surface area contributed by atoms with Gasteiger partial charge in [0.05, 0.1) is 0 Å². The molecule has 4 heteroatoms. The first-order valence-corrected chi connectivity index (χ1v) is 17.5. The summed E-state index contributed by atoms with van der Waals surface area (Å²) in [4.78, 5) is 2.28. The van der Waals surface area contributed by atoms with Crippen LogP contribution in [0.25, 0.3) is 88.1 Å². The second-order valence-electron chi connectivity index (χ2n) is 13.3. The van der Waals surface area contributed by atoms with Crippen molar-refractivity contribution in [3.05, 3.63) is 176 Å². The van der Waals surface area contributed by atoms with Crippen LogP contribution in [0.3, 0.4) is 0 Å². The molecule has 0 aliphatic rings. The van der Waals surface area contributed by atoms with Crippen LogP contribution < -0.4 is 4.90 Å². The number of rotatable bonds is 5. The topological polar surface area (TPSA) is 42.7 Å². The lowest BCUT2D eigenvalue weighted by Crippen LogP contribution is -2.09. The van der Waals surface area contributed by atoms with Crippen LogP contribution in [0.15, 0.2) is 189 Å². The van der Waals surface area contributed by atoms with E-state index in [2.05, 4.69) is 157 Å². The molecule has 0 aliphatic carbocycles. The van der Waals surface area contributed by atoms with Crippen LogP contribution in [0.1, 0.15) is 0 Å². The fourth-order valence-corrected chi connectivity index (χ4v) is 7.83. The lowest BCUT2D eigenvalue weighted by atomic mass is 9.98. The maximum absolute atomic E-state index is 6.59. The van der Waals surface area contributed by atoms with Crippen LogP contribution >= 0.6 is 0 Å². The fourth-order valence-electron chi connectivity index (χ4n) is 7.83. The quantitative estimate of drug-likeness (QED) is 0.183. The van der Waals surface area contributed by atoms with Gasteiger partial charge in [-0.3, -0.25) is 0 Å². The third-order valence-electron chi connectivity index (χ3n) is 10.3. The third kappa shape index (κ3) is 4.41. The molecule has 0 unspecified atom stereocenters. The molecule has 0 bridgehead atoms. The molecule has 11 aromatic rings. The molecule has 0 saturated carbocycles. The molecule has 0 N–H and O–H groups in total. The van der Waals surface area contributed by atoms with Crippen LogP contribution in [0.5, 0.6) is 0 Å². The van der Waals surface area contributed by atoms with Crippen molar-refractivity contribution in [1.82, 2.24) is 0 Å². The molecule has 3 heterocycles. The maximum atomic E-state index is 6.59. The van der Waals surface area contributed by atoms with Crippen LogP contribution in [0.2, 0.25) is 0 Å². The summed E-state index contributed by atoms with van der Waals surface area (Å²) in [6.45, 7) is 0. The molecule has 0 spiro atoms. The van der Waals surface area contributed by atoms with Gasteiger partial charge < -0.3 is 18.2 Å². The number of para-hydroxylation sites is 5. The van der Waals surface area contributed by atoms with E-state index in [0.29, 0.717) is 0 Å². The van der Waals surface area contributed by atoms with Crippen LogP contribution in [-0.2, 0) is 0 Å². The van der Waals surface area contributed by atoms with Gasteiger partial charge in [-0.1, -0.05) is 103 Å². The molecular weight excluding hydrogens is 639 g/mol. The Hall–Kier alpha value is -7.04. The Labute approximate surface area is 298 Å². The molecule has 0 saturated heterocycles. The molecular formula is C48H29NO3. The van der Waals surface area contributed by atoms with Crippen molar-refractivity contribution in [2.45, 2.75) is 0 Å². The van der Waals surface area contributed by atoms with E-state index in [1.54, 1.807) is 0 Å². The van der Waals surface area contributed by atoms with Gasteiger partial charge in [0.2, 0.25) is 0 Å². The Morgan fingerprint density at radius 2 is 0.808 bits per heavy atom. The lowest BCUT2D eigenvalue weighted by molar-refractivity contribution is 0.665. The van der Waals surface area contributed by atoms with Gasteiger partial charge in [0.15, 0.2) is 0 Å². The summed E-state index contributed by atoms with van der Waals surface area (Å²) >= 11 is 0.